The molecule has 0 saturated carbocycles. The Bertz CT molecular complexity index is 929. The standard InChI is InChI=1S/C18H25N6O4/c1-7-22-14-15(19-17(22)24-12(5)10(3)11(4)20-24)21(6)18(27)23(16(14)26)9-13(25)28-8-2/h14H,7-9H2,1-6H3/q+1. The fourth-order valence-electron chi connectivity index (χ4n) is 3.40. The van der Waals surface area contributed by atoms with Crippen LogP contribution in [0.4, 0.5) is 4.79 Å². The summed E-state index contributed by atoms with van der Waals surface area (Å²) in [6, 6.07) is -1.39. The van der Waals surface area contributed by atoms with Gasteiger partial charge in [-0.15, -0.1) is 9.78 Å². The molecule has 0 N–H and O–H groups in total. The Morgan fingerprint density at radius 2 is 1.89 bits per heavy atom. The number of amidine groups is 1. The van der Waals surface area contributed by atoms with E-state index in [1.165, 1.54) is 4.90 Å². The lowest BCUT2D eigenvalue weighted by Gasteiger charge is -2.33. The van der Waals surface area contributed by atoms with Gasteiger partial charge < -0.3 is 4.74 Å². The molecule has 1 atom stereocenters. The van der Waals surface area contributed by atoms with Crippen molar-refractivity contribution >= 4 is 29.7 Å². The maximum Gasteiger partial charge on any atom is 0.421 e. The van der Waals surface area contributed by atoms with Gasteiger partial charge in [0.1, 0.15) is 12.2 Å². The van der Waals surface area contributed by atoms with Gasteiger partial charge in [0.2, 0.25) is 11.9 Å². The van der Waals surface area contributed by atoms with Crippen molar-refractivity contribution in [2.45, 2.75) is 40.7 Å². The van der Waals surface area contributed by atoms with Gasteiger partial charge in [0, 0.05) is 12.6 Å². The van der Waals surface area contributed by atoms with Crippen LogP contribution in [-0.4, -0.2) is 86.6 Å². The lowest BCUT2D eigenvalue weighted by Crippen LogP contribution is -2.63. The molecule has 1 aromatic rings. The molecule has 1 unspecified atom stereocenters. The first kappa shape index (κ1) is 19.7. The number of aryl methyl sites for hydroxylation is 1. The number of aromatic nitrogens is 2. The number of urea groups is 1. The first-order valence-corrected chi connectivity index (χ1v) is 9.22. The van der Waals surface area contributed by atoms with Crippen molar-refractivity contribution in [1.29, 1.82) is 0 Å². The number of carbonyl (C=O) groups excluding carboxylic acids is 3. The summed E-state index contributed by atoms with van der Waals surface area (Å²) in [4.78, 5) is 44.5. The highest BCUT2D eigenvalue weighted by Gasteiger charge is 2.53. The Morgan fingerprint density at radius 1 is 1.21 bits per heavy atom. The molecule has 0 aliphatic carbocycles. The Labute approximate surface area is 163 Å². The maximum atomic E-state index is 13.1. The minimum absolute atomic E-state index is 0.178. The lowest BCUT2D eigenvalue weighted by atomic mass is 10.1. The molecule has 0 aromatic carbocycles. The first-order chi connectivity index (χ1) is 13.2. The van der Waals surface area contributed by atoms with Crippen molar-refractivity contribution in [3.05, 3.63) is 17.0 Å². The highest BCUT2D eigenvalue weighted by molar-refractivity contribution is 6.23. The van der Waals surface area contributed by atoms with Crippen LogP contribution < -0.4 is 0 Å². The molecular formula is C18H25N6O4+. The summed E-state index contributed by atoms with van der Waals surface area (Å²) in [7, 11) is 1.54. The number of rotatable bonds is 4. The number of esters is 1. The highest BCUT2D eigenvalue weighted by atomic mass is 16.5. The first-order valence-electron chi connectivity index (χ1n) is 9.22. The van der Waals surface area contributed by atoms with Crippen molar-refractivity contribution in [1.82, 2.24) is 19.6 Å². The van der Waals surface area contributed by atoms with Gasteiger partial charge >= 0.3 is 18.0 Å². The predicted molar refractivity (Wildman–Crippen MR) is 100 cm³/mol. The van der Waals surface area contributed by atoms with Gasteiger partial charge in [-0.2, -0.15) is 0 Å². The minimum Gasteiger partial charge on any atom is -0.465 e. The molecule has 1 fully saturated rings. The second-order valence-corrected chi connectivity index (χ2v) is 6.74. The molecule has 2 aliphatic heterocycles. The number of ether oxygens (including phenoxy) is 1. The van der Waals surface area contributed by atoms with Gasteiger partial charge in [-0.05, 0) is 34.6 Å². The number of hydrogen-bond donors (Lipinski definition) is 0. The maximum absolute atomic E-state index is 13.1. The predicted octanol–water partition coefficient (Wildman–Crippen LogP) is 0.283. The number of amides is 3. The zero-order chi connectivity index (χ0) is 20.7. The van der Waals surface area contributed by atoms with Crippen LogP contribution >= 0.6 is 0 Å². The fraction of sp³-hybridized carbons (Fsp3) is 0.556. The number of aliphatic imine (C=N–C) groups is 1. The van der Waals surface area contributed by atoms with Crippen LogP contribution in [0.3, 0.4) is 0 Å². The zero-order valence-corrected chi connectivity index (χ0v) is 17.0. The Hall–Kier alpha value is -3.04. The average molecular weight is 389 g/mol. The molecule has 28 heavy (non-hydrogen) atoms. The van der Waals surface area contributed by atoms with E-state index in [-0.39, 0.29) is 6.61 Å². The van der Waals surface area contributed by atoms with Crippen molar-refractivity contribution in [3.8, 4) is 0 Å². The Morgan fingerprint density at radius 3 is 2.43 bits per heavy atom. The third-order valence-corrected chi connectivity index (χ3v) is 5.16. The quantitative estimate of drug-likeness (QED) is 0.544. The summed E-state index contributed by atoms with van der Waals surface area (Å²) >= 11 is 0. The molecule has 1 saturated heterocycles. The van der Waals surface area contributed by atoms with Gasteiger partial charge in [-0.25, -0.2) is 14.3 Å². The number of nitrogens with zero attached hydrogens (tertiary/aromatic N) is 6. The molecule has 10 nitrogen and oxygen atoms in total. The topological polar surface area (TPSA) is 100 Å². The smallest absolute Gasteiger partial charge is 0.421 e. The molecule has 2 aliphatic rings. The minimum atomic E-state index is -0.790. The summed E-state index contributed by atoms with van der Waals surface area (Å²) in [5.74, 6) is -0.304. The summed E-state index contributed by atoms with van der Waals surface area (Å²) in [6.07, 6.45) is 0. The van der Waals surface area contributed by atoms with Crippen molar-refractivity contribution in [3.63, 3.8) is 0 Å². The molecular weight excluding hydrogens is 364 g/mol. The van der Waals surface area contributed by atoms with Crippen molar-refractivity contribution < 1.29 is 23.7 Å². The van der Waals surface area contributed by atoms with E-state index in [9.17, 15) is 14.4 Å². The number of imide groups is 1. The van der Waals surface area contributed by atoms with Crippen LogP contribution in [0.15, 0.2) is 4.99 Å². The third-order valence-electron chi connectivity index (χ3n) is 5.16. The van der Waals surface area contributed by atoms with E-state index in [0.29, 0.717) is 18.3 Å². The number of fused-ring (bicyclic) bond motifs is 1. The third kappa shape index (κ3) is 2.88. The largest absolute Gasteiger partial charge is 0.465 e. The fourth-order valence-corrected chi connectivity index (χ4v) is 3.40. The molecule has 10 heteroatoms. The normalized spacial score (nSPS) is 19.4. The van der Waals surface area contributed by atoms with E-state index in [4.69, 9.17) is 4.74 Å². The molecule has 150 valence electrons. The molecule has 0 spiro atoms. The van der Waals surface area contributed by atoms with Gasteiger partial charge in [0.05, 0.1) is 18.8 Å². The molecule has 3 rings (SSSR count). The van der Waals surface area contributed by atoms with E-state index in [2.05, 4.69) is 10.1 Å². The number of hydrogen-bond acceptors (Lipinski definition) is 6. The molecule has 3 heterocycles. The van der Waals surface area contributed by atoms with E-state index < -0.39 is 30.5 Å². The van der Waals surface area contributed by atoms with Crippen LogP contribution in [0, 0.1) is 20.8 Å². The number of likely N-dealkylation sites (N-methyl/N-ethyl adjacent to an activating group) is 2. The molecule has 0 radical (unpaired) electrons. The van der Waals surface area contributed by atoms with Gasteiger partial charge in [0.25, 0.3) is 5.91 Å². The van der Waals surface area contributed by atoms with Crippen LogP contribution in [0.25, 0.3) is 0 Å². The second kappa shape index (κ2) is 7.17. The van der Waals surface area contributed by atoms with Crippen molar-refractivity contribution in [2.75, 3.05) is 26.7 Å². The Balaban J connectivity index is 2.06. The van der Waals surface area contributed by atoms with Crippen LogP contribution in [0.5, 0.6) is 0 Å². The highest BCUT2D eigenvalue weighted by Crippen LogP contribution is 2.22. The Kier molecular flexibility index (Phi) is 5.05. The van der Waals surface area contributed by atoms with E-state index in [0.717, 1.165) is 21.9 Å². The van der Waals surface area contributed by atoms with E-state index >= 15 is 0 Å². The second-order valence-electron chi connectivity index (χ2n) is 6.74. The summed E-state index contributed by atoms with van der Waals surface area (Å²) in [6.45, 7) is 9.61. The summed E-state index contributed by atoms with van der Waals surface area (Å²) < 4.78 is 8.38. The molecule has 0 bridgehead atoms. The van der Waals surface area contributed by atoms with Gasteiger partial charge in [0.15, 0.2) is 0 Å². The summed E-state index contributed by atoms with van der Waals surface area (Å²) in [5.41, 5.74) is 2.83. The molecule has 3 amide bonds. The van der Waals surface area contributed by atoms with Crippen molar-refractivity contribution in [2.24, 2.45) is 4.99 Å². The van der Waals surface area contributed by atoms with E-state index in [1.807, 2.05) is 27.7 Å². The monoisotopic (exact) mass is 389 g/mol. The van der Waals surface area contributed by atoms with Crippen LogP contribution in [-0.2, 0) is 14.3 Å². The van der Waals surface area contributed by atoms with Crippen LogP contribution in [0.1, 0.15) is 30.8 Å². The lowest BCUT2D eigenvalue weighted by molar-refractivity contribution is -0.534. The van der Waals surface area contributed by atoms with Crippen LogP contribution in [0.2, 0.25) is 0 Å². The zero-order valence-electron chi connectivity index (χ0n) is 17.0. The SMILES string of the molecule is CCOC(=O)CN1C(=O)C2C(=NC(n3nc(C)c(C)c3C)=[N+]2CC)N(C)C1=O. The average Bonchev–Trinajstić information content (AvgIpc) is 3.16. The molecule has 1 aromatic heterocycles. The van der Waals surface area contributed by atoms with Gasteiger partial charge in [-0.1, -0.05) is 4.99 Å². The van der Waals surface area contributed by atoms with Gasteiger partial charge in [-0.3, -0.25) is 14.5 Å². The number of carbonyl (C=O) groups is 3. The summed E-state index contributed by atoms with van der Waals surface area (Å²) in [5, 5.41) is 4.54. The van der Waals surface area contributed by atoms with E-state index in [1.54, 1.807) is 23.2 Å².